The van der Waals surface area contributed by atoms with Crippen LogP contribution in [0.1, 0.15) is 134 Å². The van der Waals surface area contributed by atoms with Crippen LogP contribution in [-0.2, 0) is 19.6 Å². The van der Waals surface area contributed by atoms with Crippen molar-refractivity contribution in [3.63, 3.8) is 0 Å². The summed E-state index contributed by atoms with van der Waals surface area (Å²) in [4.78, 5) is 0. The molecule has 0 aliphatic heterocycles. The Hall–Kier alpha value is -0.372. The van der Waals surface area contributed by atoms with E-state index in [0.29, 0.717) is 11.8 Å². The standard InChI is InChI=1S/C12H17N.2C5H11.2C4H10O.W/c1-8(2)10-6-5-7-11(9(3)4)12(10)13;2*1-5(2,3)4;2*1-4(2,3)5;/h5-9H,1-4H3;2*1H2,2-4H3;2*5H,1-3H3;/q;2*-1;;;. The van der Waals surface area contributed by atoms with Gasteiger partial charge in [-0.1, -0.05) is 41.5 Å². The van der Waals surface area contributed by atoms with Crippen LogP contribution in [0.15, 0.2) is 21.7 Å². The van der Waals surface area contributed by atoms with Crippen molar-refractivity contribution >= 4 is 5.69 Å². The molecule has 0 radical (unpaired) electrons. The number of hydrogen-bond donors (Lipinski definition) is 2. The van der Waals surface area contributed by atoms with Crippen LogP contribution >= 0.6 is 0 Å². The van der Waals surface area contributed by atoms with Gasteiger partial charge in [0.05, 0.1) is 11.2 Å². The number of aliphatic hydroxyl groups is 2. The molecule has 0 bridgehead atoms. The van der Waals surface area contributed by atoms with Gasteiger partial charge < -0.3 is 24.1 Å². The van der Waals surface area contributed by atoms with Crippen LogP contribution in [0.4, 0.5) is 5.69 Å². The van der Waals surface area contributed by atoms with Gasteiger partial charge in [0.25, 0.3) is 0 Å². The molecule has 34 heavy (non-hydrogen) atoms. The third-order valence-electron chi connectivity index (χ3n) is 2.43. The Balaban J connectivity index is -0.000000188. The van der Waals surface area contributed by atoms with E-state index < -0.39 is 11.2 Å². The molecule has 0 saturated heterocycles. The van der Waals surface area contributed by atoms with E-state index in [1.165, 1.54) is 36.4 Å². The minimum atomic E-state index is -0.500. The van der Waals surface area contributed by atoms with E-state index >= 15 is 0 Å². The molecule has 0 aliphatic rings. The summed E-state index contributed by atoms with van der Waals surface area (Å²) < 4.78 is 4.50. The molecule has 0 atom stereocenters. The van der Waals surface area contributed by atoms with E-state index in [9.17, 15) is 0 Å². The minimum Gasteiger partial charge on any atom is -0.338 e. The van der Waals surface area contributed by atoms with Gasteiger partial charge >= 0.3 is 97.7 Å². The van der Waals surface area contributed by atoms with E-state index in [2.05, 4.69) is 105 Å². The maximum atomic E-state index is 8.52. The molecular formula is C30H59NO2W-2. The zero-order valence-corrected chi connectivity index (χ0v) is 28.5. The van der Waals surface area contributed by atoms with E-state index in [1.807, 2.05) is 0 Å². The summed E-state index contributed by atoms with van der Waals surface area (Å²) in [7, 11) is 0. The van der Waals surface area contributed by atoms with Crippen molar-refractivity contribution in [1.82, 2.24) is 0 Å². The average Bonchev–Trinajstić information content (AvgIpc) is 2.47. The monoisotopic (exact) mass is 649 g/mol. The molecule has 0 unspecified atom stereocenters. The van der Waals surface area contributed by atoms with Crippen molar-refractivity contribution in [2.75, 3.05) is 0 Å². The van der Waals surface area contributed by atoms with Crippen molar-refractivity contribution in [2.24, 2.45) is 14.3 Å². The third kappa shape index (κ3) is 53.1. The second-order valence-corrected chi connectivity index (χ2v) is 14.3. The first-order valence-corrected chi connectivity index (χ1v) is 13.5. The Morgan fingerprint density at radius 1 is 0.647 bits per heavy atom. The summed E-state index contributed by atoms with van der Waals surface area (Å²) in [5.41, 5.74) is 3.49. The van der Waals surface area contributed by atoms with Crippen molar-refractivity contribution in [3.8, 4) is 0 Å². The van der Waals surface area contributed by atoms with Gasteiger partial charge in [-0.05, 0) is 41.5 Å². The van der Waals surface area contributed by atoms with Crippen LogP contribution in [0.3, 0.4) is 0 Å². The Labute approximate surface area is 226 Å². The first kappa shape index (κ1) is 40.8. The number of hydrogen-bond acceptors (Lipinski definition) is 3. The third-order valence-corrected chi connectivity index (χ3v) is 3.09. The molecule has 0 aromatic heterocycles. The first-order valence-electron chi connectivity index (χ1n) is 12.2. The molecule has 0 amide bonds. The molecule has 1 aromatic carbocycles. The maximum Gasteiger partial charge on any atom is -0.0878 e. The number of rotatable bonds is 3. The summed E-state index contributed by atoms with van der Waals surface area (Å²) in [5, 5.41) is 17.0. The quantitative estimate of drug-likeness (QED) is 0.321. The molecular weight excluding hydrogens is 590 g/mol. The second kappa shape index (κ2) is 18.0. The molecule has 4 heteroatoms. The van der Waals surface area contributed by atoms with Gasteiger partial charge in [-0.2, -0.15) is 10.8 Å². The van der Waals surface area contributed by atoms with Gasteiger partial charge in [-0.25, -0.2) is 0 Å². The largest absolute Gasteiger partial charge is 0.338 e. The molecule has 0 saturated carbocycles. The fourth-order valence-corrected chi connectivity index (χ4v) is 2.37. The molecule has 0 spiro atoms. The van der Waals surface area contributed by atoms with Crippen LogP contribution in [0.5, 0.6) is 0 Å². The molecule has 0 fully saturated rings. The average molecular weight is 650 g/mol. The summed E-state index contributed by atoms with van der Waals surface area (Å²) in [6.45, 7) is 39.4. The van der Waals surface area contributed by atoms with Gasteiger partial charge in [-0.15, -0.1) is 0 Å². The molecule has 204 valence electrons. The van der Waals surface area contributed by atoms with Gasteiger partial charge in [0.2, 0.25) is 0 Å². The molecule has 1 aromatic rings. The van der Waals surface area contributed by atoms with Crippen LogP contribution < -0.4 is 0 Å². The van der Waals surface area contributed by atoms with Gasteiger partial charge in [0, 0.05) is 0 Å². The van der Waals surface area contributed by atoms with Crippen molar-refractivity contribution in [3.05, 3.63) is 43.2 Å². The zero-order chi connectivity index (χ0) is 28.7. The smallest absolute Gasteiger partial charge is 0.0878 e. The molecule has 0 aliphatic carbocycles. The zero-order valence-electron chi connectivity index (χ0n) is 25.6. The summed E-state index contributed by atoms with van der Waals surface area (Å²) in [5.74, 6) is 1.12. The molecule has 2 N–H and O–H groups in total. The summed E-state index contributed by atoms with van der Waals surface area (Å²) in [6, 6.07) is 6.53. The van der Waals surface area contributed by atoms with E-state index in [-0.39, 0.29) is 10.8 Å². The Morgan fingerprint density at radius 2 is 0.824 bits per heavy atom. The van der Waals surface area contributed by atoms with Crippen LogP contribution in [0, 0.1) is 24.7 Å². The van der Waals surface area contributed by atoms with Gasteiger partial charge in [0.15, 0.2) is 0 Å². The second-order valence-electron chi connectivity index (χ2n) is 13.6. The van der Waals surface area contributed by atoms with Crippen molar-refractivity contribution < 1.29 is 29.8 Å². The summed E-state index contributed by atoms with van der Waals surface area (Å²) >= 11 is 1.29. The minimum absolute atomic E-state index is 0.250. The Kier molecular flexibility index (Phi) is 21.5. The fraction of sp³-hybridized carbons (Fsp3) is 0.733. The molecule has 1 rings (SSSR count). The SMILES string of the molecule is CC(C)(C)O.CC(C)(C)O.CC(C)c1cccc(C(C)C)c1[N]=[W].[CH2-]C(C)(C)C.[CH2-]C(C)(C)C. The predicted octanol–water partition coefficient (Wildman–Crippen LogP) is 9.58. The normalized spacial score (nSPS) is 11.6. The summed E-state index contributed by atoms with van der Waals surface area (Å²) in [6.07, 6.45) is 0. The molecule has 3 nitrogen and oxygen atoms in total. The molecule has 0 heterocycles. The van der Waals surface area contributed by atoms with Crippen LogP contribution in [0.2, 0.25) is 0 Å². The topological polar surface area (TPSA) is 52.8 Å². The maximum absolute atomic E-state index is 8.52. The van der Waals surface area contributed by atoms with Crippen LogP contribution in [-0.4, -0.2) is 21.4 Å². The van der Waals surface area contributed by atoms with Crippen molar-refractivity contribution in [2.45, 2.75) is 134 Å². The fourth-order valence-electron chi connectivity index (χ4n) is 1.62. The van der Waals surface area contributed by atoms with Gasteiger partial charge in [-0.3, -0.25) is 0 Å². The Morgan fingerprint density at radius 3 is 0.941 bits per heavy atom. The van der Waals surface area contributed by atoms with E-state index in [0.717, 1.165) is 0 Å². The number of benzene rings is 1. The van der Waals surface area contributed by atoms with Crippen LogP contribution in [0.25, 0.3) is 0 Å². The number of nitrogens with zero attached hydrogens (tertiary/aromatic N) is 1. The van der Waals surface area contributed by atoms with Crippen molar-refractivity contribution in [1.29, 1.82) is 0 Å². The van der Waals surface area contributed by atoms with E-state index in [4.69, 9.17) is 10.2 Å². The Bertz CT molecular complexity index is 539. The first-order chi connectivity index (χ1) is 14.6. The van der Waals surface area contributed by atoms with Gasteiger partial charge in [0.1, 0.15) is 0 Å². The predicted molar refractivity (Wildman–Crippen MR) is 150 cm³/mol. The van der Waals surface area contributed by atoms with E-state index in [1.54, 1.807) is 41.5 Å².